The molecule has 0 saturated heterocycles. The number of aryl methyl sites for hydroxylation is 1. The summed E-state index contributed by atoms with van der Waals surface area (Å²) in [5, 5.41) is 0. The Hall–Kier alpha value is -0.510. The lowest BCUT2D eigenvalue weighted by Crippen LogP contribution is -1.81. The van der Waals surface area contributed by atoms with E-state index in [-0.39, 0.29) is 6.01 Å². The van der Waals surface area contributed by atoms with E-state index in [0.717, 1.165) is 5.69 Å². The number of nitrogens with zero attached hydrogens (tertiary/aromatic N) is 1. The van der Waals surface area contributed by atoms with Crippen molar-refractivity contribution in [3.63, 3.8) is 0 Å². The van der Waals surface area contributed by atoms with Gasteiger partial charge in [0.05, 0.1) is 5.69 Å². The summed E-state index contributed by atoms with van der Waals surface area (Å²) in [6.45, 7) is 1.81. The Kier molecular flexibility index (Phi) is 1.25. The van der Waals surface area contributed by atoms with Crippen molar-refractivity contribution in [3.8, 4) is 0 Å². The summed E-state index contributed by atoms with van der Waals surface area (Å²) < 4.78 is 5.40. The van der Waals surface area contributed by atoms with Crippen LogP contribution >= 0.6 is 15.9 Å². The van der Waals surface area contributed by atoms with Crippen molar-refractivity contribution in [2.24, 2.45) is 0 Å². The molecule has 0 bridgehead atoms. The standard InChI is InChI=1S/C4H5BrN2O/c1-2-3(5)8-4(6)7-2/h1H3,(H2,6,7). The van der Waals surface area contributed by atoms with Crippen LogP contribution in [0.2, 0.25) is 0 Å². The SMILES string of the molecule is Cc1nc(N)oc1Br. The zero-order valence-electron chi connectivity index (χ0n) is 4.31. The van der Waals surface area contributed by atoms with E-state index in [0.29, 0.717) is 4.67 Å². The first-order valence-electron chi connectivity index (χ1n) is 2.08. The Morgan fingerprint density at radius 2 is 2.38 bits per heavy atom. The molecule has 0 radical (unpaired) electrons. The average molecular weight is 177 g/mol. The van der Waals surface area contributed by atoms with E-state index in [4.69, 9.17) is 10.2 Å². The van der Waals surface area contributed by atoms with Gasteiger partial charge < -0.3 is 10.2 Å². The van der Waals surface area contributed by atoms with Gasteiger partial charge in [0, 0.05) is 0 Å². The summed E-state index contributed by atoms with van der Waals surface area (Å²) in [5.41, 5.74) is 5.95. The smallest absolute Gasteiger partial charge is 0.293 e. The van der Waals surface area contributed by atoms with E-state index in [1.807, 2.05) is 6.92 Å². The van der Waals surface area contributed by atoms with Gasteiger partial charge in [-0.1, -0.05) is 0 Å². The molecule has 0 fully saturated rings. The van der Waals surface area contributed by atoms with Crippen LogP contribution < -0.4 is 5.73 Å². The molecule has 1 rings (SSSR count). The van der Waals surface area contributed by atoms with Gasteiger partial charge in [0.15, 0.2) is 4.67 Å². The second kappa shape index (κ2) is 1.78. The third-order valence-corrected chi connectivity index (χ3v) is 1.49. The summed E-state index contributed by atoms with van der Waals surface area (Å²) in [4.78, 5) is 3.77. The van der Waals surface area contributed by atoms with Crippen LogP contribution in [-0.4, -0.2) is 4.98 Å². The lowest BCUT2D eigenvalue weighted by Gasteiger charge is -1.74. The summed E-state index contributed by atoms with van der Waals surface area (Å²) in [7, 11) is 0. The quantitative estimate of drug-likeness (QED) is 0.650. The van der Waals surface area contributed by atoms with Crippen LogP contribution in [0, 0.1) is 6.92 Å². The molecule has 0 spiro atoms. The number of nitrogen functional groups attached to an aromatic ring is 1. The molecule has 4 heteroatoms. The molecule has 0 unspecified atom stereocenters. The number of aromatic nitrogens is 1. The van der Waals surface area contributed by atoms with Gasteiger partial charge in [-0.3, -0.25) is 0 Å². The van der Waals surface area contributed by atoms with Crippen molar-refractivity contribution >= 4 is 21.9 Å². The molecule has 0 atom stereocenters. The Morgan fingerprint density at radius 3 is 2.50 bits per heavy atom. The normalized spacial score (nSPS) is 9.75. The highest BCUT2D eigenvalue weighted by atomic mass is 79.9. The van der Waals surface area contributed by atoms with Gasteiger partial charge in [-0.15, -0.1) is 0 Å². The summed E-state index contributed by atoms with van der Waals surface area (Å²) in [6, 6.07) is 0.203. The van der Waals surface area contributed by atoms with E-state index in [9.17, 15) is 0 Å². The van der Waals surface area contributed by atoms with Gasteiger partial charge in [0.1, 0.15) is 0 Å². The van der Waals surface area contributed by atoms with Gasteiger partial charge in [-0.05, 0) is 22.9 Å². The number of halogens is 1. The highest BCUT2D eigenvalue weighted by Gasteiger charge is 2.00. The van der Waals surface area contributed by atoms with E-state index in [2.05, 4.69) is 20.9 Å². The van der Waals surface area contributed by atoms with E-state index >= 15 is 0 Å². The molecule has 0 amide bonds. The van der Waals surface area contributed by atoms with Crippen molar-refractivity contribution in [2.75, 3.05) is 5.73 Å². The third-order valence-electron chi connectivity index (χ3n) is 0.757. The molecule has 1 heterocycles. The minimum absolute atomic E-state index is 0.203. The zero-order chi connectivity index (χ0) is 6.15. The second-order valence-corrected chi connectivity index (χ2v) is 2.13. The fourth-order valence-electron chi connectivity index (χ4n) is 0.398. The van der Waals surface area contributed by atoms with Gasteiger partial charge in [-0.2, -0.15) is 4.98 Å². The minimum atomic E-state index is 0.203. The minimum Gasteiger partial charge on any atom is -0.416 e. The van der Waals surface area contributed by atoms with Gasteiger partial charge in [0.25, 0.3) is 6.01 Å². The molecule has 1 aromatic heterocycles. The maximum atomic E-state index is 5.17. The second-order valence-electron chi connectivity index (χ2n) is 1.41. The van der Waals surface area contributed by atoms with Crippen LogP contribution in [0.1, 0.15) is 5.69 Å². The number of hydrogen-bond acceptors (Lipinski definition) is 3. The molecule has 0 aromatic carbocycles. The summed E-state index contributed by atoms with van der Waals surface area (Å²) in [5.74, 6) is 0. The summed E-state index contributed by atoms with van der Waals surface area (Å²) in [6.07, 6.45) is 0. The fourth-order valence-corrected chi connectivity index (χ4v) is 0.652. The maximum Gasteiger partial charge on any atom is 0.293 e. The predicted molar refractivity (Wildman–Crippen MR) is 33.4 cm³/mol. The molecule has 2 N–H and O–H groups in total. The average Bonchev–Trinajstić information content (AvgIpc) is 1.85. The number of anilines is 1. The topological polar surface area (TPSA) is 52.0 Å². The lowest BCUT2D eigenvalue weighted by molar-refractivity contribution is 0.553. The fraction of sp³-hybridized carbons (Fsp3) is 0.250. The molecule has 0 aliphatic carbocycles. The Balaban J connectivity index is 3.14. The Bertz CT molecular complexity index is 176. The van der Waals surface area contributed by atoms with E-state index in [1.165, 1.54) is 0 Å². The summed E-state index contributed by atoms with van der Waals surface area (Å²) >= 11 is 3.11. The predicted octanol–water partition coefficient (Wildman–Crippen LogP) is 1.33. The van der Waals surface area contributed by atoms with Gasteiger partial charge in [-0.25, -0.2) is 0 Å². The van der Waals surface area contributed by atoms with Crippen molar-refractivity contribution in [1.29, 1.82) is 0 Å². The van der Waals surface area contributed by atoms with Crippen molar-refractivity contribution in [1.82, 2.24) is 4.98 Å². The first-order chi connectivity index (χ1) is 3.70. The van der Waals surface area contributed by atoms with Crippen LogP contribution in [0.3, 0.4) is 0 Å². The number of rotatable bonds is 0. The molecule has 3 nitrogen and oxygen atoms in total. The number of nitrogens with two attached hydrogens (primary N) is 1. The molecular formula is C4H5BrN2O. The number of hydrogen-bond donors (Lipinski definition) is 1. The molecule has 0 aliphatic rings. The number of oxazole rings is 1. The van der Waals surface area contributed by atoms with Gasteiger partial charge >= 0.3 is 0 Å². The largest absolute Gasteiger partial charge is 0.416 e. The maximum absolute atomic E-state index is 5.17. The molecule has 0 saturated carbocycles. The van der Waals surface area contributed by atoms with Crippen molar-refractivity contribution < 1.29 is 4.42 Å². The van der Waals surface area contributed by atoms with E-state index in [1.54, 1.807) is 0 Å². The lowest BCUT2D eigenvalue weighted by atomic mass is 10.6. The Labute approximate surface area is 55.0 Å². The van der Waals surface area contributed by atoms with Crippen molar-refractivity contribution in [2.45, 2.75) is 6.92 Å². The first kappa shape index (κ1) is 5.62. The highest BCUT2D eigenvalue weighted by molar-refractivity contribution is 9.10. The Morgan fingerprint density at radius 1 is 1.75 bits per heavy atom. The third kappa shape index (κ3) is 0.838. The molecule has 8 heavy (non-hydrogen) atoms. The van der Waals surface area contributed by atoms with E-state index < -0.39 is 0 Å². The molecular weight excluding hydrogens is 172 g/mol. The van der Waals surface area contributed by atoms with Gasteiger partial charge in [0.2, 0.25) is 0 Å². The van der Waals surface area contributed by atoms with Crippen LogP contribution in [0.25, 0.3) is 0 Å². The van der Waals surface area contributed by atoms with Crippen molar-refractivity contribution in [3.05, 3.63) is 10.4 Å². The monoisotopic (exact) mass is 176 g/mol. The van der Waals surface area contributed by atoms with Crippen LogP contribution in [-0.2, 0) is 0 Å². The van der Waals surface area contributed by atoms with Crippen LogP contribution in [0.15, 0.2) is 9.09 Å². The zero-order valence-corrected chi connectivity index (χ0v) is 5.90. The van der Waals surface area contributed by atoms with Crippen LogP contribution in [0.5, 0.6) is 0 Å². The molecule has 0 aliphatic heterocycles. The molecule has 1 aromatic rings. The first-order valence-corrected chi connectivity index (χ1v) is 2.88. The van der Waals surface area contributed by atoms with Crippen LogP contribution in [0.4, 0.5) is 6.01 Å². The molecule has 44 valence electrons. The highest BCUT2D eigenvalue weighted by Crippen LogP contribution is 2.17.